The lowest BCUT2D eigenvalue weighted by Gasteiger charge is -2.27. The van der Waals surface area contributed by atoms with Gasteiger partial charge in [-0.3, -0.25) is 19.2 Å². The van der Waals surface area contributed by atoms with E-state index in [1.807, 2.05) is 27.7 Å². The smallest absolute Gasteiger partial charge is 0.245 e. The number of hydrogen-bond donors (Lipinski definition) is 6. The number of aliphatic hydroxyl groups excluding tert-OH is 1. The quantitative estimate of drug-likeness (QED) is 0.205. The molecule has 0 aliphatic heterocycles. The van der Waals surface area contributed by atoms with Gasteiger partial charge in [0.25, 0.3) is 0 Å². The minimum absolute atomic E-state index is 0.0342. The first-order chi connectivity index (χ1) is 17.2. The number of carbonyl (C=O) groups is 4. The lowest BCUT2D eigenvalue weighted by Crippen LogP contribution is -2.59. The largest absolute Gasteiger partial charge is 0.391 e. The maximum absolute atomic E-state index is 13.2. The minimum Gasteiger partial charge on any atom is -0.391 e. The number of hydrogen-bond acceptors (Lipinski definition) is 6. The average Bonchev–Trinajstić information content (AvgIpc) is 2.81. The van der Waals surface area contributed by atoms with Crippen LogP contribution >= 0.6 is 11.6 Å². The van der Waals surface area contributed by atoms with E-state index in [-0.39, 0.29) is 24.7 Å². The molecular weight excluding hydrogens is 498 g/mol. The van der Waals surface area contributed by atoms with Crippen LogP contribution in [0.2, 0.25) is 5.02 Å². The maximum atomic E-state index is 13.2. The van der Waals surface area contributed by atoms with Gasteiger partial charge >= 0.3 is 0 Å². The minimum atomic E-state index is -1.18. The first-order valence-electron chi connectivity index (χ1n) is 12.6. The van der Waals surface area contributed by atoms with Crippen LogP contribution in [0, 0.1) is 11.8 Å². The fourth-order valence-corrected chi connectivity index (χ4v) is 3.86. The van der Waals surface area contributed by atoms with Crippen molar-refractivity contribution in [3.05, 3.63) is 34.9 Å². The lowest BCUT2D eigenvalue weighted by molar-refractivity contribution is -0.135. The summed E-state index contributed by atoms with van der Waals surface area (Å²) in [5.74, 6) is -2.09. The van der Waals surface area contributed by atoms with Crippen molar-refractivity contribution < 1.29 is 24.3 Å². The molecular formula is C26H42ClN5O5. The SMILES string of the molecule is CNC(=O)[C@@H](NC(=O)[C@H](CC(C)C)NC(=O)[C@H](CC(C)C)NC(=O)[C@@H](N)Cc1ccc(Cl)cc1)[C@@H](C)O. The van der Waals surface area contributed by atoms with Gasteiger partial charge in [0, 0.05) is 12.1 Å². The Bertz CT molecular complexity index is 907. The van der Waals surface area contributed by atoms with E-state index in [1.165, 1.54) is 14.0 Å². The fourth-order valence-electron chi connectivity index (χ4n) is 3.74. The Morgan fingerprint density at radius 2 is 1.27 bits per heavy atom. The van der Waals surface area contributed by atoms with Gasteiger partial charge in [0.1, 0.15) is 18.1 Å². The summed E-state index contributed by atoms with van der Waals surface area (Å²) in [5, 5.41) is 20.9. The molecule has 0 unspecified atom stereocenters. The molecule has 1 rings (SSSR count). The summed E-state index contributed by atoms with van der Waals surface area (Å²) >= 11 is 5.91. The number of halogens is 1. The molecule has 4 amide bonds. The maximum Gasteiger partial charge on any atom is 0.245 e. The summed E-state index contributed by atoms with van der Waals surface area (Å²) in [6.07, 6.45) is -0.265. The van der Waals surface area contributed by atoms with Gasteiger partial charge in [-0.1, -0.05) is 51.4 Å². The topological polar surface area (TPSA) is 163 Å². The van der Waals surface area contributed by atoms with Crippen LogP contribution in [-0.2, 0) is 25.6 Å². The van der Waals surface area contributed by atoms with Crippen molar-refractivity contribution in [1.82, 2.24) is 21.3 Å². The molecule has 7 N–H and O–H groups in total. The summed E-state index contributed by atoms with van der Waals surface area (Å²) in [7, 11) is 1.40. The number of rotatable bonds is 14. The van der Waals surface area contributed by atoms with Gasteiger partial charge in [-0.15, -0.1) is 0 Å². The first-order valence-corrected chi connectivity index (χ1v) is 12.9. The van der Waals surface area contributed by atoms with E-state index >= 15 is 0 Å². The Balaban J connectivity index is 2.99. The summed E-state index contributed by atoms with van der Waals surface area (Å²) in [6, 6.07) is 3.01. The second kappa shape index (κ2) is 15.5. The monoisotopic (exact) mass is 539 g/mol. The van der Waals surface area contributed by atoms with Gasteiger partial charge in [-0.2, -0.15) is 0 Å². The van der Waals surface area contributed by atoms with Crippen molar-refractivity contribution in [3.8, 4) is 0 Å². The zero-order valence-electron chi connectivity index (χ0n) is 22.5. The Kier molecular flexibility index (Phi) is 13.6. The summed E-state index contributed by atoms with van der Waals surface area (Å²) < 4.78 is 0. The van der Waals surface area contributed by atoms with Crippen LogP contribution in [0.15, 0.2) is 24.3 Å². The molecule has 1 aromatic carbocycles. The molecule has 0 saturated carbocycles. The van der Waals surface area contributed by atoms with Gasteiger partial charge < -0.3 is 32.1 Å². The summed E-state index contributed by atoms with van der Waals surface area (Å²) in [5.41, 5.74) is 6.93. The van der Waals surface area contributed by atoms with Crippen LogP contribution in [0.3, 0.4) is 0 Å². The van der Waals surface area contributed by atoms with Crippen LogP contribution < -0.4 is 27.0 Å². The summed E-state index contributed by atoms with van der Waals surface area (Å²) in [6.45, 7) is 8.99. The van der Waals surface area contributed by atoms with Crippen LogP contribution in [0.1, 0.15) is 53.0 Å². The lowest BCUT2D eigenvalue weighted by atomic mass is 9.99. The highest BCUT2D eigenvalue weighted by Gasteiger charge is 2.32. The number of carbonyl (C=O) groups excluding carboxylic acids is 4. The number of aliphatic hydroxyl groups is 1. The van der Waals surface area contributed by atoms with E-state index in [0.717, 1.165) is 5.56 Å². The highest BCUT2D eigenvalue weighted by atomic mass is 35.5. The van der Waals surface area contributed by atoms with Crippen LogP contribution in [0.5, 0.6) is 0 Å². The number of benzene rings is 1. The van der Waals surface area contributed by atoms with Crippen molar-refractivity contribution >= 4 is 35.2 Å². The van der Waals surface area contributed by atoms with Crippen molar-refractivity contribution in [3.63, 3.8) is 0 Å². The zero-order valence-corrected chi connectivity index (χ0v) is 23.3. The third-order valence-corrected chi connectivity index (χ3v) is 5.95. The molecule has 0 aromatic heterocycles. The van der Waals surface area contributed by atoms with E-state index in [9.17, 15) is 24.3 Å². The molecule has 0 bridgehead atoms. The van der Waals surface area contributed by atoms with E-state index in [0.29, 0.717) is 11.4 Å². The van der Waals surface area contributed by atoms with Gasteiger partial charge in [0.15, 0.2) is 0 Å². The standard InChI is InChI=1S/C26H42ClN5O5/c1-14(2)11-20(30-23(34)19(28)13-17-7-9-18(27)10-8-17)24(35)31-21(12-15(3)4)25(36)32-22(16(5)33)26(37)29-6/h7-10,14-16,19-22,33H,11-13,28H2,1-6H3,(H,29,37)(H,30,34)(H,31,35)(H,32,36)/t16-,19+,20+,21+,22+/m1/s1. The van der Waals surface area contributed by atoms with E-state index < -0.39 is 53.9 Å². The van der Waals surface area contributed by atoms with Gasteiger partial charge in [-0.05, 0) is 55.7 Å². The normalized spacial score (nSPS) is 15.3. The molecule has 37 heavy (non-hydrogen) atoms. The van der Waals surface area contributed by atoms with Gasteiger partial charge in [-0.25, -0.2) is 0 Å². The van der Waals surface area contributed by atoms with E-state index in [2.05, 4.69) is 21.3 Å². The molecule has 10 nitrogen and oxygen atoms in total. The van der Waals surface area contributed by atoms with Gasteiger partial charge in [0.05, 0.1) is 12.1 Å². The number of likely N-dealkylation sites (N-methyl/N-ethyl adjacent to an activating group) is 1. The molecule has 0 spiro atoms. The Morgan fingerprint density at radius 3 is 1.70 bits per heavy atom. The molecule has 0 aliphatic carbocycles. The Morgan fingerprint density at radius 1 is 0.811 bits per heavy atom. The number of amides is 4. The van der Waals surface area contributed by atoms with Gasteiger partial charge in [0.2, 0.25) is 23.6 Å². The third kappa shape index (κ3) is 11.5. The van der Waals surface area contributed by atoms with Crippen LogP contribution in [0.25, 0.3) is 0 Å². The molecule has 0 saturated heterocycles. The molecule has 0 fully saturated rings. The fraction of sp³-hybridized carbons (Fsp3) is 0.615. The molecule has 0 heterocycles. The molecule has 208 valence electrons. The second-order valence-electron chi connectivity index (χ2n) is 10.2. The van der Waals surface area contributed by atoms with E-state index in [1.54, 1.807) is 24.3 Å². The van der Waals surface area contributed by atoms with Crippen molar-refractivity contribution in [1.29, 1.82) is 0 Å². The Hall–Kier alpha value is -2.69. The Labute approximate surface area is 224 Å². The highest BCUT2D eigenvalue weighted by Crippen LogP contribution is 2.12. The van der Waals surface area contributed by atoms with Crippen molar-refractivity contribution in [2.75, 3.05) is 7.05 Å². The predicted molar refractivity (Wildman–Crippen MR) is 144 cm³/mol. The summed E-state index contributed by atoms with van der Waals surface area (Å²) in [4.78, 5) is 51.2. The number of nitrogens with one attached hydrogen (secondary N) is 4. The average molecular weight is 540 g/mol. The predicted octanol–water partition coefficient (Wildman–Crippen LogP) is 0.883. The van der Waals surface area contributed by atoms with Crippen molar-refractivity contribution in [2.24, 2.45) is 17.6 Å². The highest BCUT2D eigenvalue weighted by molar-refractivity contribution is 6.30. The third-order valence-electron chi connectivity index (χ3n) is 5.69. The molecule has 5 atom stereocenters. The first kappa shape index (κ1) is 32.3. The van der Waals surface area contributed by atoms with Crippen LogP contribution in [0.4, 0.5) is 0 Å². The zero-order chi connectivity index (χ0) is 28.3. The van der Waals surface area contributed by atoms with Crippen LogP contribution in [-0.4, -0.2) is 66.1 Å². The van der Waals surface area contributed by atoms with E-state index in [4.69, 9.17) is 17.3 Å². The molecule has 11 heteroatoms. The van der Waals surface area contributed by atoms with Crippen molar-refractivity contribution in [2.45, 2.75) is 84.2 Å². The number of nitrogens with two attached hydrogens (primary N) is 1. The second-order valence-corrected chi connectivity index (χ2v) is 10.6. The molecule has 0 aliphatic rings. The molecule has 0 radical (unpaired) electrons. The molecule has 1 aromatic rings.